The van der Waals surface area contributed by atoms with Gasteiger partial charge in [-0.15, -0.1) is 0 Å². The molecule has 4 nitrogen and oxygen atoms in total. The summed E-state index contributed by atoms with van der Waals surface area (Å²) in [5.41, 5.74) is -0.371. The molecule has 82 valence electrons. The quantitative estimate of drug-likeness (QED) is 0.731. The van der Waals surface area contributed by atoms with Crippen LogP contribution in [-0.2, 0) is 4.74 Å². The first kappa shape index (κ1) is 12.9. The van der Waals surface area contributed by atoms with Gasteiger partial charge in [-0.1, -0.05) is 0 Å². The van der Waals surface area contributed by atoms with Crippen LogP contribution in [0.1, 0.15) is 20.8 Å². The molecular formula is C9H16FNO3. The molecule has 0 aliphatic heterocycles. The van der Waals surface area contributed by atoms with Crippen molar-refractivity contribution >= 4 is 6.09 Å². The molecule has 5 heteroatoms. The Morgan fingerprint density at radius 2 is 2.14 bits per heavy atom. The summed E-state index contributed by atoms with van der Waals surface area (Å²) in [6.07, 6.45) is -0.407. The Kier molecular flexibility index (Phi) is 5.15. The standard InChI is InChI=1S/C9H16FNO3/c1-9(2,3)11-8(13)14-6-7(4-10)5-12/h4,12H,5-6H2,1-3H3,(H,11,13)/b7-4+. The van der Waals surface area contributed by atoms with Gasteiger partial charge in [0, 0.05) is 11.1 Å². The van der Waals surface area contributed by atoms with Gasteiger partial charge in [-0.3, -0.25) is 0 Å². The molecule has 0 aromatic rings. The van der Waals surface area contributed by atoms with Gasteiger partial charge in [0.1, 0.15) is 6.61 Å². The topological polar surface area (TPSA) is 58.6 Å². The molecule has 0 rings (SSSR count). The van der Waals surface area contributed by atoms with Gasteiger partial charge in [-0.2, -0.15) is 0 Å². The second-order valence-electron chi connectivity index (χ2n) is 3.88. The summed E-state index contributed by atoms with van der Waals surface area (Å²) < 4.78 is 16.6. The number of rotatable bonds is 3. The van der Waals surface area contributed by atoms with Gasteiger partial charge < -0.3 is 15.2 Å². The lowest BCUT2D eigenvalue weighted by atomic mass is 10.1. The minimum Gasteiger partial charge on any atom is -0.445 e. The third kappa shape index (κ3) is 6.42. The maximum Gasteiger partial charge on any atom is 0.407 e. The zero-order chi connectivity index (χ0) is 11.2. The highest BCUT2D eigenvalue weighted by atomic mass is 19.1. The van der Waals surface area contributed by atoms with Crippen molar-refractivity contribution in [2.24, 2.45) is 0 Å². The van der Waals surface area contributed by atoms with Crippen LogP contribution in [-0.4, -0.2) is 30.0 Å². The van der Waals surface area contributed by atoms with Crippen molar-refractivity contribution in [2.75, 3.05) is 13.2 Å². The number of ether oxygens (including phenoxy) is 1. The van der Waals surface area contributed by atoms with Crippen molar-refractivity contribution in [3.05, 3.63) is 11.9 Å². The zero-order valence-corrected chi connectivity index (χ0v) is 8.63. The molecule has 0 spiro atoms. The Morgan fingerprint density at radius 1 is 1.57 bits per heavy atom. The monoisotopic (exact) mass is 205 g/mol. The fourth-order valence-corrected chi connectivity index (χ4v) is 0.612. The van der Waals surface area contributed by atoms with Crippen molar-refractivity contribution in [3.63, 3.8) is 0 Å². The number of halogens is 1. The van der Waals surface area contributed by atoms with Crippen LogP contribution < -0.4 is 5.32 Å². The Balaban J connectivity index is 3.86. The Morgan fingerprint density at radius 3 is 2.50 bits per heavy atom. The van der Waals surface area contributed by atoms with E-state index in [9.17, 15) is 9.18 Å². The lowest BCUT2D eigenvalue weighted by molar-refractivity contribution is 0.142. The first-order chi connectivity index (χ1) is 6.39. The van der Waals surface area contributed by atoms with Gasteiger partial charge in [0.15, 0.2) is 0 Å². The second-order valence-corrected chi connectivity index (χ2v) is 3.88. The van der Waals surface area contributed by atoms with Crippen LogP contribution in [0.4, 0.5) is 9.18 Å². The number of carbonyl (C=O) groups is 1. The van der Waals surface area contributed by atoms with Crippen LogP contribution in [0.25, 0.3) is 0 Å². The van der Waals surface area contributed by atoms with Crippen LogP contribution in [0.2, 0.25) is 0 Å². The van der Waals surface area contributed by atoms with Crippen molar-refractivity contribution < 1.29 is 19.0 Å². The highest BCUT2D eigenvalue weighted by molar-refractivity contribution is 5.68. The van der Waals surface area contributed by atoms with Crippen LogP contribution in [0.5, 0.6) is 0 Å². The van der Waals surface area contributed by atoms with E-state index >= 15 is 0 Å². The lowest BCUT2D eigenvalue weighted by Crippen LogP contribution is -2.41. The largest absolute Gasteiger partial charge is 0.445 e. The van der Waals surface area contributed by atoms with Gasteiger partial charge in [0.25, 0.3) is 0 Å². The summed E-state index contributed by atoms with van der Waals surface area (Å²) >= 11 is 0. The number of carbonyl (C=O) groups excluding carboxylic acids is 1. The van der Waals surface area contributed by atoms with Crippen molar-refractivity contribution in [3.8, 4) is 0 Å². The molecule has 0 heterocycles. The van der Waals surface area contributed by atoms with E-state index in [0.717, 1.165) is 0 Å². The van der Waals surface area contributed by atoms with Crippen molar-refractivity contribution in [1.29, 1.82) is 0 Å². The fraction of sp³-hybridized carbons (Fsp3) is 0.667. The molecule has 0 aromatic carbocycles. The third-order valence-corrected chi connectivity index (χ3v) is 1.22. The minimum absolute atomic E-state index is 0.0223. The highest BCUT2D eigenvalue weighted by Crippen LogP contribution is 2.00. The van der Waals surface area contributed by atoms with Crippen molar-refractivity contribution in [1.82, 2.24) is 5.32 Å². The number of hydrogen-bond donors (Lipinski definition) is 2. The average Bonchev–Trinajstić information content (AvgIpc) is 2.03. The number of nitrogens with one attached hydrogen (secondary N) is 1. The summed E-state index contributed by atoms with van der Waals surface area (Å²) in [6.45, 7) is 4.69. The molecular weight excluding hydrogens is 189 g/mol. The molecule has 14 heavy (non-hydrogen) atoms. The smallest absolute Gasteiger partial charge is 0.407 e. The molecule has 0 saturated carbocycles. The molecule has 2 N–H and O–H groups in total. The van der Waals surface area contributed by atoms with E-state index in [2.05, 4.69) is 10.1 Å². The third-order valence-electron chi connectivity index (χ3n) is 1.22. The summed E-state index contributed by atoms with van der Waals surface area (Å²) in [4.78, 5) is 11.0. The molecule has 0 fully saturated rings. The van der Waals surface area contributed by atoms with Crippen LogP contribution in [0.3, 0.4) is 0 Å². The number of hydrogen-bond acceptors (Lipinski definition) is 3. The van der Waals surface area contributed by atoms with E-state index in [1.165, 1.54) is 0 Å². The molecule has 0 radical (unpaired) electrons. The predicted octanol–water partition coefficient (Wildman–Crippen LogP) is 1.36. The van der Waals surface area contributed by atoms with Gasteiger partial charge in [0.05, 0.1) is 12.9 Å². The normalized spacial score (nSPS) is 12.5. The molecule has 0 saturated heterocycles. The summed E-state index contributed by atoms with van der Waals surface area (Å²) in [5.74, 6) is 0. The number of alkyl carbamates (subject to hydrolysis) is 1. The average molecular weight is 205 g/mol. The molecule has 0 aliphatic carbocycles. The zero-order valence-electron chi connectivity index (χ0n) is 8.63. The lowest BCUT2D eigenvalue weighted by Gasteiger charge is -2.19. The number of aliphatic hydroxyl groups is 1. The highest BCUT2D eigenvalue weighted by Gasteiger charge is 2.14. The van der Waals surface area contributed by atoms with Gasteiger partial charge in [-0.25, -0.2) is 9.18 Å². The van der Waals surface area contributed by atoms with E-state index in [1.807, 2.05) is 0 Å². The number of aliphatic hydroxyl groups excluding tert-OH is 1. The number of amides is 1. The first-order valence-corrected chi connectivity index (χ1v) is 4.23. The summed E-state index contributed by atoms with van der Waals surface area (Å²) in [5, 5.41) is 11.1. The Bertz CT molecular complexity index is 221. The molecule has 1 amide bonds. The predicted molar refractivity (Wildman–Crippen MR) is 50.5 cm³/mol. The van der Waals surface area contributed by atoms with E-state index in [-0.39, 0.29) is 18.5 Å². The van der Waals surface area contributed by atoms with E-state index in [0.29, 0.717) is 0 Å². The van der Waals surface area contributed by atoms with Crippen LogP contribution in [0, 0.1) is 0 Å². The SMILES string of the molecule is CC(C)(C)NC(=O)OC/C(=C/F)CO. The van der Waals surface area contributed by atoms with E-state index in [4.69, 9.17) is 5.11 Å². The van der Waals surface area contributed by atoms with Crippen LogP contribution >= 0.6 is 0 Å². The Hall–Kier alpha value is -1.10. The molecule has 0 atom stereocenters. The second kappa shape index (κ2) is 5.59. The van der Waals surface area contributed by atoms with E-state index in [1.54, 1.807) is 20.8 Å². The van der Waals surface area contributed by atoms with Gasteiger partial charge >= 0.3 is 6.09 Å². The van der Waals surface area contributed by atoms with E-state index < -0.39 is 18.2 Å². The first-order valence-electron chi connectivity index (χ1n) is 4.23. The molecule has 0 unspecified atom stereocenters. The molecule has 0 bridgehead atoms. The van der Waals surface area contributed by atoms with Gasteiger partial charge in [-0.05, 0) is 20.8 Å². The fourth-order valence-electron chi connectivity index (χ4n) is 0.612. The van der Waals surface area contributed by atoms with Crippen LogP contribution in [0.15, 0.2) is 11.9 Å². The Labute approximate surface area is 82.8 Å². The van der Waals surface area contributed by atoms with Gasteiger partial charge in [0.2, 0.25) is 0 Å². The summed E-state index contributed by atoms with van der Waals surface area (Å²) in [6, 6.07) is 0. The minimum atomic E-state index is -0.634. The molecule has 0 aliphatic rings. The maximum absolute atomic E-state index is 11.9. The maximum atomic E-state index is 11.9. The van der Waals surface area contributed by atoms with Crippen molar-refractivity contribution in [2.45, 2.75) is 26.3 Å². The summed E-state index contributed by atoms with van der Waals surface area (Å²) in [7, 11) is 0. The molecule has 0 aromatic heterocycles.